The van der Waals surface area contributed by atoms with Gasteiger partial charge < -0.3 is 46.2 Å². The third-order valence-corrected chi connectivity index (χ3v) is 35.3. The molecule has 2 heterocycles. The molecule has 0 aliphatic carbocycles. The maximum Gasteiger partial charge on any atom is 0.480 e. The number of halogens is 9. The lowest BCUT2D eigenvalue weighted by molar-refractivity contribution is -0.245. The van der Waals surface area contributed by atoms with Crippen molar-refractivity contribution < 1.29 is 138 Å². The second-order valence-electron chi connectivity index (χ2n) is 33.5. The standard InChI is InChI=1S/C20H17OS.C18H19F9NO9S3.C18H23OS.C18H15S.C15H22O6S.C12H16O5S.6CH4/c21-14-13-15-9-11-16(12-10-15)22-19-7-3-1-5-17(19)18-6-2-4-8-20(18)22;1-4-14(2,3)13(29)36-10-9-11-5-7-12(8-6-11)37-40(34,35)17(23,24)15(19,20)16(21,22)38(30,31)28-39(32,33)18(25,26)27;1-2-3-12-19-17-10-11-18(20-13-6-7-14-20)16-9-5-4-8-15(16)17;1-4-10-16(11-5-1)19(17-12-6-2-7-13-17)18-14-8-3-9-15-18;1-4-15(2,3)14(16)21-11-5-10-20-12-6-8-13(9-7-12)22(17,18)19;1-4-12(2,3)11(13)17-9-5-7-10(8-6-9)18(14,15)16;;;;;;/h1-12,21H,13-14H2;5-8H,4,9-10H2,1-3H3;4-5,8-11H,2-3,6-7,12-14H2,1H3;1-15H;6-9H,4-5,10-11H2,1-3H3,(H,17,18,19);5-8H,4H2,1-3H3,(H,14,15,16);6*1H4/q+1;-1;2*+1;;;;;;;;/p-2. The van der Waals surface area contributed by atoms with Crippen molar-refractivity contribution >= 4 is 132 Å². The quantitative estimate of drug-likeness (QED) is 0.00725. The van der Waals surface area contributed by atoms with E-state index in [-0.39, 0.29) is 119 Å². The van der Waals surface area contributed by atoms with Crippen molar-refractivity contribution in [3.05, 3.63) is 288 Å². The van der Waals surface area contributed by atoms with Crippen molar-refractivity contribution in [2.75, 3.05) is 44.5 Å². The summed E-state index contributed by atoms with van der Waals surface area (Å²) >= 11 is 0. The van der Waals surface area contributed by atoms with Gasteiger partial charge in [0, 0.05) is 62.4 Å². The Kier molecular flexibility index (Phi) is 52.2. The van der Waals surface area contributed by atoms with Crippen LogP contribution in [0.5, 0.6) is 23.0 Å². The lowest BCUT2D eigenvalue weighted by Crippen LogP contribution is -2.61. The van der Waals surface area contributed by atoms with Crippen molar-refractivity contribution in [1.82, 2.24) is 0 Å². The zero-order valence-corrected chi connectivity index (χ0v) is 85.2. The Bertz CT molecular complexity index is 6590. The molecule has 12 aromatic rings. The number of nitrogens with zero attached hydrogens (tertiary/aromatic N) is 1. The van der Waals surface area contributed by atoms with Crippen LogP contribution in [-0.4, -0.2) is 141 Å². The van der Waals surface area contributed by atoms with Crippen LogP contribution in [0.15, 0.2) is 302 Å². The summed E-state index contributed by atoms with van der Waals surface area (Å²) in [6, 6.07) is 84.6. The first-order valence-corrected chi connectivity index (χ1v) is 55.4. The van der Waals surface area contributed by atoms with Crippen LogP contribution in [0.4, 0.5) is 39.5 Å². The van der Waals surface area contributed by atoms with Crippen LogP contribution in [0.3, 0.4) is 0 Å². The highest BCUT2D eigenvalue weighted by molar-refractivity contribution is 8.13. The number of esters is 3. The number of aliphatic hydroxyl groups excluding tert-OH is 1. The molecule has 0 spiro atoms. The second kappa shape index (κ2) is 57.9. The highest BCUT2D eigenvalue weighted by atomic mass is 32.3. The molecule has 1 N–H and O–H groups in total. The van der Waals surface area contributed by atoms with E-state index >= 15 is 0 Å². The first-order chi connectivity index (χ1) is 66.2. The summed E-state index contributed by atoms with van der Waals surface area (Å²) in [6.45, 7) is 19.5. The fraction of sp³-hybridized carbons (Fsp3) is 0.374. The number of hydrogen-bond donors (Lipinski definition) is 1. The summed E-state index contributed by atoms with van der Waals surface area (Å²) in [4.78, 5) is 41.7. The van der Waals surface area contributed by atoms with Gasteiger partial charge in [0.05, 0.1) is 63.4 Å². The first-order valence-electron chi connectivity index (χ1n) is 44.3. The zero-order valence-electron chi connectivity index (χ0n) is 78.6. The van der Waals surface area contributed by atoms with Crippen molar-refractivity contribution in [3.8, 4) is 27.9 Å². The normalized spacial score (nSPS) is 12.5. The molecule has 1 aliphatic rings. The highest BCUT2D eigenvalue weighted by Gasteiger charge is 2.81. The molecule has 147 heavy (non-hydrogen) atoms. The first kappa shape index (κ1) is 132. The summed E-state index contributed by atoms with van der Waals surface area (Å²) in [5, 5.41) is -0.222. The number of benzene rings is 11. The number of alkyl halides is 9. The third kappa shape index (κ3) is 35.8. The van der Waals surface area contributed by atoms with Crippen LogP contribution >= 0.6 is 10.5 Å². The summed E-state index contributed by atoms with van der Waals surface area (Å²) in [5.74, 6) is -5.55. The van der Waals surface area contributed by atoms with E-state index in [9.17, 15) is 105 Å². The minimum atomic E-state index is -8.01. The van der Waals surface area contributed by atoms with E-state index in [2.05, 4.69) is 211 Å². The Morgan fingerprint density at radius 2 is 0.782 bits per heavy atom. The Balaban J connectivity index is 0.000000605. The topological polar surface area (TPSA) is 358 Å². The molecular weight excluding hydrogens is 2080 g/mol. The van der Waals surface area contributed by atoms with Gasteiger partial charge in [-0.3, -0.25) is 14.4 Å². The Hall–Kier alpha value is -10.6. The Morgan fingerprint density at radius 3 is 1.20 bits per heavy atom. The molecule has 1 saturated heterocycles. The number of unbranched alkanes of at least 4 members (excludes halogenated alkanes) is 1. The van der Waals surface area contributed by atoms with Crippen molar-refractivity contribution in [3.63, 3.8) is 0 Å². The lowest BCUT2D eigenvalue weighted by Gasteiger charge is -2.35. The van der Waals surface area contributed by atoms with E-state index in [1.54, 1.807) is 39.5 Å². The van der Waals surface area contributed by atoms with Gasteiger partial charge in [0.15, 0.2) is 53.9 Å². The van der Waals surface area contributed by atoms with Gasteiger partial charge in [-0.2, -0.15) is 47.9 Å². The molecule has 23 nitrogen and oxygen atoms in total. The Morgan fingerprint density at radius 1 is 0.401 bits per heavy atom. The summed E-state index contributed by atoms with van der Waals surface area (Å²) < 4.78 is 286. The molecule has 13 rings (SSSR count). The molecule has 810 valence electrons. The predicted molar refractivity (Wildman–Crippen MR) is 567 cm³/mol. The fourth-order valence-electron chi connectivity index (χ4n) is 12.6. The van der Waals surface area contributed by atoms with Crippen LogP contribution in [-0.2, 0) is 109 Å². The zero-order chi connectivity index (χ0) is 104. The molecule has 40 heteroatoms. The van der Waals surface area contributed by atoms with Crippen molar-refractivity contribution in [2.24, 2.45) is 16.2 Å². The maximum absolute atomic E-state index is 14.1. The number of sulfonamides is 2. The van der Waals surface area contributed by atoms with E-state index < -0.39 is 106 Å². The van der Waals surface area contributed by atoms with Gasteiger partial charge in [0.25, 0.3) is 0 Å². The Labute approximate surface area is 869 Å². The highest BCUT2D eigenvalue weighted by Crippen LogP contribution is 2.54. The van der Waals surface area contributed by atoms with Gasteiger partial charge >= 0.3 is 50.0 Å². The largest absolute Gasteiger partial charge is 0.744 e. The van der Waals surface area contributed by atoms with E-state index in [1.807, 2.05) is 27.7 Å². The number of thiophene rings is 1. The molecule has 0 bridgehead atoms. The molecule has 0 saturated carbocycles. The molecule has 0 radical (unpaired) electrons. The van der Waals surface area contributed by atoms with Crippen LogP contribution < -0.4 is 18.4 Å². The minimum absolute atomic E-state index is 0. The predicted octanol–water partition coefficient (Wildman–Crippen LogP) is 27.2. The SMILES string of the molecule is C.C.C.C.C.C.CCC(C)(C)C(=O)OCCCOc1ccc(S(=O)(=O)[O-])cc1.CCC(C)(C)C(=O)OCCc1ccc(OS(=O)(=O)C(F)(F)C(F)(F)C(F)(F)S(=O)(=O)[N-]S(=O)(=O)C(F)(F)F)cc1.CCC(C)(C)C(=O)Oc1ccc(S(=O)(=O)[O-])cc1.CCCCOc1ccc([S+]2CCCC2)c2ccccc12.OCCc1ccc(-[s+]2c3ccccc3c3ccccc32)cc1.c1ccc([S+](c2ccccc2)c2ccccc2)cc1. The van der Waals surface area contributed by atoms with Gasteiger partial charge in [-0.15, -0.1) is 0 Å². The van der Waals surface area contributed by atoms with Gasteiger partial charge in [0.1, 0.15) is 54.7 Å². The molecule has 0 atom stereocenters. The monoisotopic (exact) mass is 2210 g/mol. The average Bonchev–Trinajstić information content (AvgIpc) is 1.41. The molecule has 0 amide bonds. The number of carbonyl (C=O) groups excluding carboxylic acids is 3. The van der Waals surface area contributed by atoms with Gasteiger partial charge in [-0.25, -0.2) is 33.7 Å². The molecule has 1 fully saturated rings. The maximum atomic E-state index is 14.1. The fourth-order valence-corrected chi connectivity index (χ4v) is 23.7. The van der Waals surface area contributed by atoms with Crippen LogP contribution in [0, 0.1) is 16.2 Å². The van der Waals surface area contributed by atoms with Gasteiger partial charge in [-0.05, 0) is 249 Å². The van der Waals surface area contributed by atoms with Crippen LogP contribution in [0.1, 0.15) is 176 Å². The molecule has 1 aliphatic heterocycles. The lowest BCUT2D eigenvalue weighted by atomic mass is 9.91. The van der Waals surface area contributed by atoms with Crippen molar-refractivity contribution in [1.29, 1.82) is 0 Å². The van der Waals surface area contributed by atoms with Crippen LogP contribution in [0.2, 0.25) is 0 Å². The smallest absolute Gasteiger partial charge is 0.480 e. The van der Waals surface area contributed by atoms with Crippen molar-refractivity contribution in [2.45, 2.75) is 229 Å². The van der Waals surface area contributed by atoms with E-state index in [0.717, 1.165) is 49.5 Å². The second-order valence-corrected chi connectivity index (χ2v) is 47.6. The van der Waals surface area contributed by atoms with Gasteiger partial charge in [0.2, 0.25) is 0 Å². The number of carbonyl (C=O) groups is 3. The number of aliphatic hydroxyl groups is 1. The number of fused-ring (bicyclic) bond motifs is 4. The van der Waals surface area contributed by atoms with E-state index in [0.29, 0.717) is 65.2 Å². The summed E-state index contributed by atoms with van der Waals surface area (Å²) in [5.41, 5.74) is -7.20. The summed E-state index contributed by atoms with van der Waals surface area (Å²) in [7, 11) is -31.2. The molecular formula is C107H134F9NO22S8. The number of ether oxygens (including phenoxy) is 5. The molecule has 1 aromatic heterocycles. The number of rotatable bonds is 36. The third-order valence-electron chi connectivity index (χ3n) is 22.1. The van der Waals surface area contributed by atoms with Crippen LogP contribution in [0.25, 0.3) is 40.0 Å². The van der Waals surface area contributed by atoms with Gasteiger partial charge in [-0.1, -0.05) is 200 Å². The van der Waals surface area contributed by atoms with E-state index in [1.165, 1.54) is 123 Å². The average molecular weight is 2210 g/mol. The molecule has 0 unspecified atom stereocenters. The minimum Gasteiger partial charge on any atom is -0.744 e. The van der Waals surface area contributed by atoms with E-state index in [4.69, 9.17) is 28.8 Å². The molecule has 11 aromatic carbocycles. The summed E-state index contributed by atoms with van der Waals surface area (Å²) in [6.07, 6.45) is 8.08. The number of hydrogen-bond acceptors (Lipinski definition) is 22.